The first-order valence-electron chi connectivity index (χ1n) is 11.3. The highest BCUT2D eigenvalue weighted by molar-refractivity contribution is 5.36. The summed E-state index contributed by atoms with van der Waals surface area (Å²) in [6, 6.07) is 0. The van der Waals surface area contributed by atoms with Crippen LogP contribution in [0.4, 0.5) is 0 Å². The molecule has 0 spiro atoms. The Bertz CT molecular complexity index is 662. The van der Waals surface area contributed by atoms with Crippen LogP contribution < -0.4 is 11.1 Å². The largest absolute Gasteiger partial charge is 0.497 e. The van der Waals surface area contributed by atoms with Crippen molar-refractivity contribution in [1.82, 2.24) is 5.32 Å². The minimum atomic E-state index is 0.233. The SMILES string of the molecule is C=C(NCCCC)/C(=C\C(C)=C(/C)N)CCCCC1=CCC(C)(CC)C=C1OC. The van der Waals surface area contributed by atoms with Gasteiger partial charge in [-0.05, 0) is 87.0 Å². The molecule has 0 aromatic heterocycles. The number of nitrogens with two attached hydrogens (primary N) is 1. The second kappa shape index (κ2) is 12.6. The molecule has 1 rings (SSSR count). The highest BCUT2D eigenvalue weighted by Gasteiger charge is 2.24. The summed E-state index contributed by atoms with van der Waals surface area (Å²) < 4.78 is 5.69. The Labute approximate surface area is 179 Å². The van der Waals surface area contributed by atoms with Crippen molar-refractivity contribution in [1.29, 1.82) is 0 Å². The molecule has 0 saturated heterocycles. The molecule has 29 heavy (non-hydrogen) atoms. The number of hydrogen-bond donors (Lipinski definition) is 2. The maximum Gasteiger partial charge on any atom is 0.118 e. The third-order valence-corrected chi connectivity index (χ3v) is 6.05. The number of unbranched alkanes of at least 4 members (excludes halogenated alkanes) is 2. The fourth-order valence-electron chi connectivity index (χ4n) is 3.43. The van der Waals surface area contributed by atoms with E-state index >= 15 is 0 Å². The minimum absolute atomic E-state index is 0.233. The number of rotatable bonds is 13. The predicted octanol–water partition coefficient (Wildman–Crippen LogP) is 6.91. The van der Waals surface area contributed by atoms with Crippen molar-refractivity contribution in [2.24, 2.45) is 11.1 Å². The van der Waals surface area contributed by atoms with E-state index in [2.05, 4.69) is 57.8 Å². The number of nitrogens with one attached hydrogen (secondary N) is 1. The Morgan fingerprint density at radius 2 is 2.00 bits per heavy atom. The van der Waals surface area contributed by atoms with Crippen molar-refractivity contribution >= 4 is 0 Å². The number of ether oxygens (including phenoxy) is 1. The minimum Gasteiger partial charge on any atom is -0.497 e. The van der Waals surface area contributed by atoms with Gasteiger partial charge in [-0.2, -0.15) is 0 Å². The quantitative estimate of drug-likeness (QED) is 0.261. The van der Waals surface area contributed by atoms with Gasteiger partial charge < -0.3 is 15.8 Å². The van der Waals surface area contributed by atoms with Gasteiger partial charge >= 0.3 is 0 Å². The summed E-state index contributed by atoms with van der Waals surface area (Å²) in [5.74, 6) is 1.07. The molecule has 1 aliphatic carbocycles. The lowest BCUT2D eigenvalue weighted by molar-refractivity contribution is 0.275. The zero-order valence-corrected chi connectivity index (χ0v) is 19.8. The Morgan fingerprint density at radius 3 is 2.59 bits per heavy atom. The summed E-state index contributed by atoms with van der Waals surface area (Å²) in [6.07, 6.45) is 15.8. The Kier molecular flexibility index (Phi) is 10.9. The molecule has 0 radical (unpaired) electrons. The standard InChI is InChI=1S/C26H44N2O/c1-8-10-17-28-22(5)24(18-20(3)21(4)27)14-12-11-13-23-15-16-26(6,9-2)19-25(23)29-7/h15,18-19,28H,5,8-14,16-17,27H2,1-4,6-7H3/b21-20+,24-18-. The van der Waals surface area contributed by atoms with Gasteiger partial charge in [-0.15, -0.1) is 0 Å². The van der Waals surface area contributed by atoms with Crippen molar-refractivity contribution in [2.75, 3.05) is 13.7 Å². The fourth-order valence-corrected chi connectivity index (χ4v) is 3.43. The molecular formula is C26H44N2O. The Hall–Kier alpha value is -1.90. The van der Waals surface area contributed by atoms with Crippen LogP contribution in [0.3, 0.4) is 0 Å². The molecule has 164 valence electrons. The summed E-state index contributed by atoms with van der Waals surface area (Å²) >= 11 is 0. The van der Waals surface area contributed by atoms with Gasteiger partial charge in [0, 0.05) is 17.9 Å². The number of hydrogen-bond acceptors (Lipinski definition) is 3. The van der Waals surface area contributed by atoms with Crippen molar-refractivity contribution in [3.63, 3.8) is 0 Å². The Balaban J connectivity index is 2.68. The van der Waals surface area contributed by atoms with Gasteiger partial charge in [0.1, 0.15) is 5.76 Å². The smallest absolute Gasteiger partial charge is 0.118 e. The normalized spacial score (nSPS) is 20.6. The average molecular weight is 401 g/mol. The van der Waals surface area contributed by atoms with E-state index in [4.69, 9.17) is 10.5 Å². The molecule has 0 aliphatic heterocycles. The predicted molar refractivity (Wildman–Crippen MR) is 127 cm³/mol. The second-order valence-electron chi connectivity index (χ2n) is 8.66. The average Bonchev–Trinajstić information content (AvgIpc) is 2.70. The summed E-state index contributed by atoms with van der Waals surface area (Å²) in [4.78, 5) is 0. The van der Waals surface area contributed by atoms with E-state index < -0.39 is 0 Å². The molecule has 3 heteroatoms. The summed E-state index contributed by atoms with van der Waals surface area (Å²) in [7, 11) is 1.79. The van der Waals surface area contributed by atoms with Gasteiger partial charge in [0.25, 0.3) is 0 Å². The summed E-state index contributed by atoms with van der Waals surface area (Å²) in [5.41, 5.74) is 11.9. The van der Waals surface area contributed by atoms with Crippen molar-refractivity contribution in [2.45, 2.75) is 86.0 Å². The molecule has 0 fully saturated rings. The first kappa shape index (κ1) is 25.1. The van der Waals surface area contributed by atoms with Crippen LogP contribution >= 0.6 is 0 Å². The van der Waals surface area contributed by atoms with E-state index in [1.165, 1.54) is 17.6 Å². The molecule has 1 aliphatic rings. The topological polar surface area (TPSA) is 47.3 Å². The van der Waals surface area contributed by atoms with E-state index in [-0.39, 0.29) is 5.41 Å². The molecule has 1 unspecified atom stereocenters. The second-order valence-corrected chi connectivity index (χ2v) is 8.66. The molecule has 1 atom stereocenters. The summed E-state index contributed by atoms with van der Waals surface area (Å²) in [6.45, 7) is 16.0. The van der Waals surface area contributed by atoms with E-state index in [0.29, 0.717) is 0 Å². The summed E-state index contributed by atoms with van der Waals surface area (Å²) in [5, 5.41) is 3.48. The van der Waals surface area contributed by atoms with Crippen LogP contribution in [0, 0.1) is 5.41 Å². The zero-order valence-electron chi connectivity index (χ0n) is 19.8. The van der Waals surface area contributed by atoms with Crippen LogP contribution in [0.2, 0.25) is 0 Å². The van der Waals surface area contributed by atoms with Gasteiger partial charge in [-0.3, -0.25) is 0 Å². The van der Waals surface area contributed by atoms with Gasteiger partial charge in [0.15, 0.2) is 0 Å². The first-order valence-corrected chi connectivity index (χ1v) is 11.3. The molecule has 3 nitrogen and oxygen atoms in total. The number of methoxy groups -OCH3 is 1. The van der Waals surface area contributed by atoms with Crippen molar-refractivity contribution < 1.29 is 4.74 Å². The van der Waals surface area contributed by atoms with E-state index in [1.807, 2.05) is 6.92 Å². The van der Waals surface area contributed by atoms with Crippen LogP contribution in [0.1, 0.15) is 86.0 Å². The molecule has 3 N–H and O–H groups in total. The first-order chi connectivity index (χ1) is 13.8. The highest BCUT2D eigenvalue weighted by atomic mass is 16.5. The lowest BCUT2D eigenvalue weighted by Crippen LogP contribution is -2.17. The maximum atomic E-state index is 5.98. The maximum absolute atomic E-state index is 5.98. The highest BCUT2D eigenvalue weighted by Crippen LogP contribution is 2.37. The molecule has 0 heterocycles. The van der Waals surface area contributed by atoms with Crippen LogP contribution in [0.25, 0.3) is 0 Å². The van der Waals surface area contributed by atoms with Gasteiger partial charge in [0.05, 0.1) is 7.11 Å². The van der Waals surface area contributed by atoms with Crippen molar-refractivity contribution in [3.05, 3.63) is 58.7 Å². The van der Waals surface area contributed by atoms with Crippen LogP contribution in [-0.4, -0.2) is 13.7 Å². The zero-order chi connectivity index (χ0) is 21.9. The lowest BCUT2D eigenvalue weighted by Gasteiger charge is -2.29. The molecule has 0 aromatic carbocycles. The van der Waals surface area contributed by atoms with E-state index in [1.54, 1.807) is 7.11 Å². The van der Waals surface area contributed by atoms with E-state index in [0.717, 1.165) is 74.2 Å². The van der Waals surface area contributed by atoms with Gasteiger partial charge in [-0.1, -0.05) is 45.9 Å². The lowest BCUT2D eigenvalue weighted by atomic mass is 9.78. The van der Waals surface area contributed by atoms with Crippen LogP contribution in [0.15, 0.2) is 58.7 Å². The molecular weight excluding hydrogens is 356 g/mol. The molecule has 0 amide bonds. The molecule has 0 aromatic rings. The third-order valence-electron chi connectivity index (χ3n) is 6.05. The third kappa shape index (κ3) is 8.55. The van der Waals surface area contributed by atoms with Gasteiger partial charge in [-0.25, -0.2) is 0 Å². The molecule has 0 bridgehead atoms. The van der Waals surface area contributed by atoms with Crippen molar-refractivity contribution in [3.8, 4) is 0 Å². The monoisotopic (exact) mass is 400 g/mol. The number of allylic oxidation sites excluding steroid dienone is 7. The van der Waals surface area contributed by atoms with E-state index in [9.17, 15) is 0 Å². The molecule has 0 saturated carbocycles. The Morgan fingerprint density at radius 1 is 1.28 bits per heavy atom. The fraction of sp³-hybridized carbons (Fsp3) is 0.615. The van der Waals surface area contributed by atoms with Crippen LogP contribution in [0.5, 0.6) is 0 Å². The van der Waals surface area contributed by atoms with Gasteiger partial charge in [0.2, 0.25) is 0 Å². The van der Waals surface area contributed by atoms with Crippen LogP contribution in [-0.2, 0) is 4.74 Å².